The zero-order chi connectivity index (χ0) is 11.5. The highest BCUT2D eigenvalue weighted by atomic mass is 32.2. The van der Waals surface area contributed by atoms with Crippen LogP contribution < -0.4 is 5.73 Å². The van der Waals surface area contributed by atoms with Crippen molar-refractivity contribution in [3.8, 4) is 0 Å². The molecule has 0 aliphatic carbocycles. The van der Waals surface area contributed by atoms with E-state index >= 15 is 0 Å². The third-order valence-electron chi connectivity index (χ3n) is 2.12. The lowest BCUT2D eigenvalue weighted by Gasteiger charge is -2.08. The maximum atomic E-state index is 10.9. The average Bonchev–Trinajstić information content (AvgIpc) is 2.47. The molecule has 0 aromatic carbocycles. The van der Waals surface area contributed by atoms with E-state index in [0.29, 0.717) is 12.8 Å². The molecule has 1 atom stereocenters. The number of sulfone groups is 1. The molecule has 0 saturated heterocycles. The Morgan fingerprint density at radius 3 is 2.60 bits per heavy atom. The van der Waals surface area contributed by atoms with Crippen molar-refractivity contribution < 1.29 is 12.8 Å². The smallest absolute Gasteiger partial charge is 0.147 e. The van der Waals surface area contributed by atoms with Crippen molar-refractivity contribution in [2.24, 2.45) is 5.73 Å². The topological polar surface area (TPSA) is 73.3 Å². The van der Waals surface area contributed by atoms with Gasteiger partial charge >= 0.3 is 0 Å². The molecule has 0 fully saturated rings. The molecule has 0 radical (unpaired) electrons. The van der Waals surface area contributed by atoms with Crippen LogP contribution in [0.5, 0.6) is 0 Å². The van der Waals surface area contributed by atoms with Crippen molar-refractivity contribution in [2.45, 2.75) is 25.8 Å². The molecule has 0 aliphatic heterocycles. The molecule has 15 heavy (non-hydrogen) atoms. The summed E-state index contributed by atoms with van der Waals surface area (Å²) in [5.74, 6) is 1.79. The van der Waals surface area contributed by atoms with Gasteiger partial charge in [-0.3, -0.25) is 0 Å². The maximum Gasteiger partial charge on any atom is 0.147 e. The Labute approximate surface area is 90.4 Å². The van der Waals surface area contributed by atoms with Crippen molar-refractivity contribution in [3.63, 3.8) is 0 Å². The molecule has 2 N–H and O–H groups in total. The number of rotatable bonds is 5. The Bertz CT molecular complexity index is 408. The van der Waals surface area contributed by atoms with Gasteiger partial charge in [-0.25, -0.2) is 8.42 Å². The molecule has 0 spiro atoms. The van der Waals surface area contributed by atoms with E-state index in [-0.39, 0.29) is 11.8 Å². The van der Waals surface area contributed by atoms with Gasteiger partial charge in [0.05, 0.1) is 5.75 Å². The van der Waals surface area contributed by atoms with Gasteiger partial charge in [-0.2, -0.15) is 0 Å². The fourth-order valence-electron chi connectivity index (χ4n) is 1.32. The second-order valence-electron chi connectivity index (χ2n) is 3.90. The number of aryl methyl sites for hydroxylation is 1. The van der Waals surface area contributed by atoms with Gasteiger partial charge < -0.3 is 10.2 Å². The number of furan rings is 1. The Morgan fingerprint density at radius 2 is 2.13 bits per heavy atom. The van der Waals surface area contributed by atoms with Gasteiger partial charge in [0.15, 0.2) is 0 Å². The third-order valence-corrected chi connectivity index (χ3v) is 3.10. The minimum atomic E-state index is -2.92. The normalized spacial score (nSPS) is 14.1. The molecule has 1 unspecified atom stereocenters. The van der Waals surface area contributed by atoms with Crippen LogP contribution in [0.1, 0.15) is 17.9 Å². The molecule has 1 heterocycles. The van der Waals surface area contributed by atoms with E-state index in [2.05, 4.69) is 0 Å². The van der Waals surface area contributed by atoms with E-state index in [0.717, 1.165) is 11.5 Å². The summed E-state index contributed by atoms with van der Waals surface area (Å²) in [4.78, 5) is 0. The summed E-state index contributed by atoms with van der Waals surface area (Å²) < 4.78 is 27.2. The molecule has 0 amide bonds. The second kappa shape index (κ2) is 4.81. The van der Waals surface area contributed by atoms with Gasteiger partial charge in [0.2, 0.25) is 0 Å². The Balaban J connectivity index is 2.40. The average molecular weight is 231 g/mol. The molecule has 0 aliphatic rings. The van der Waals surface area contributed by atoms with Crippen LogP contribution >= 0.6 is 0 Å². The standard InChI is InChI=1S/C10H17NO3S/c1-8-3-4-10(14-8)7-9(11)5-6-15(2,12)13/h3-4,9H,5-7,11H2,1-2H3. The Morgan fingerprint density at radius 1 is 1.47 bits per heavy atom. The van der Waals surface area contributed by atoms with Gasteiger partial charge in [-0.05, 0) is 25.5 Å². The predicted molar refractivity (Wildman–Crippen MR) is 59.5 cm³/mol. The fraction of sp³-hybridized carbons (Fsp3) is 0.600. The first kappa shape index (κ1) is 12.3. The largest absolute Gasteiger partial charge is 0.466 e. The van der Waals surface area contributed by atoms with E-state index in [1.807, 2.05) is 19.1 Å². The van der Waals surface area contributed by atoms with Crippen molar-refractivity contribution in [2.75, 3.05) is 12.0 Å². The Kier molecular flexibility index (Phi) is 3.93. The van der Waals surface area contributed by atoms with Crippen LogP contribution in [0.2, 0.25) is 0 Å². The first-order valence-electron chi connectivity index (χ1n) is 4.85. The number of hydrogen-bond acceptors (Lipinski definition) is 4. The lowest BCUT2D eigenvalue weighted by molar-refractivity contribution is 0.459. The van der Waals surface area contributed by atoms with Crippen LogP contribution in [-0.2, 0) is 16.3 Å². The SMILES string of the molecule is Cc1ccc(CC(N)CCS(C)(=O)=O)o1. The molecule has 0 bridgehead atoms. The lowest BCUT2D eigenvalue weighted by Crippen LogP contribution is -2.25. The van der Waals surface area contributed by atoms with Crippen LogP contribution in [-0.4, -0.2) is 26.5 Å². The van der Waals surface area contributed by atoms with Gasteiger partial charge in [0, 0.05) is 18.7 Å². The number of hydrogen-bond donors (Lipinski definition) is 1. The van der Waals surface area contributed by atoms with Crippen LogP contribution in [0.4, 0.5) is 0 Å². The first-order chi connectivity index (χ1) is 6.87. The van der Waals surface area contributed by atoms with E-state index in [1.54, 1.807) is 0 Å². The molecular formula is C10H17NO3S. The van der Waals surface area contributed by atoms with E-state index < -0.39 is 9.84 Å². The summed E-state index contributed by atoms with van der Waals surface area (Å²) in [6.07, 6.45) is 2.28. The molecule has 1 aromatic rings. The van der Waals surface area contributed by atoms with Crippen LogP contribution in [0.25, 0.3) is 0 Å². The molecule has 4 nitrogen and oxygen atoms in total. The molecular weight excluding hydrogens is 214 g/mol. The van der Waals surface area contributed by atoms with E-state index in [9.17, 15) is 8.42 Å². The summed E-state index contributed by atoms with van der Waals surface area (Å²) in [7, 11) is -2.92. The first-order valence-corrected chi connectivity index (χ1v) is 6.91. The van der Waals surface area contributed by atoms with Gasteiger partial charge in [0.25, 0.3) is 0 Å². The minimum absolute atomic E-state index is 0.133. The summed E-state index contributed by atoms with van der Waals surface area (Å²) in [5.41, 5.74) is 5.80. The summed E-state index contributed by atoms with van der Waals surface area (Å²) in [6, 6.07) is 3.58. The quantitative estimate of drug-likeness (QED) is 0.817. The number of nitrogens with two attached hydrogens (primary N) is 1. The third kappa shape index (κ3) is 4.99. The van der Waals surface area contributed by atoms with Crippen molar-refractivity contribution in [1.82, 2.24) is 0 Å². The van der Waals surface area contributed by atoms with Crippen LogP contribution in [0.3, 0.4) is 0 Å². The lowest BCUT2D eigenvalue weighted by atomic mass is 10.1. The van der Waals surface area contributed by atoms with E-state index in [4.69, 9.17) is 10.2 Å². The minimum Gasteiger partial charge on any atom is -0.466 e. The van der Waals surface area contributed by atoms with Gasteiger partial charge in [-0.1, -0.05) is 0 Å². The predicted octanol–water partition coefficient (Wildman–Crippen LogP) is 0.893. The highest BCUT2D eigenvalue weighted by molar-refractivity contribution is 7.90. The summed E-state index contributed by atoms with van der Waals surface area (Å²) >= 11 is 0. The van der Waals surface area contributed by atoms with Crippen LogP contribution in [0.15, 0.2) is 16.5 Å². The van der Waals surface area contributed by atoms with E-state index in [1.165, 1.54) is 6.26 Å². The molecule has 1 aromatic heterocycles. The molecule has 0 saturated carbocycles. The highest BCUT2D eigenvalue weighted by Gasteiger charge is 2.10. The monoisotopic (exact) mass is 231 g/mol. The molecule has 1 rings (SSSR count). The van der Waals surface area contributed by atoms with Gasteiger partial charge in [-0.15, -0.1) is 0 Å². The molecule has 86 valence electrons. The van der Waals surface area contributed by atoms with Crippen LogP contribution in [0, 0.1) is 6.92 Å². The second-order valence-corrected chi connectivity index (χ2v) is 6.15. The zero-order valence-corrected chi connectivity index (χ0v) is 9.88. The van der Waals surface area contributed by atoms with Gasteiger partial charge in [0.1, 0.15) is 21.4 Å². The molecule has 5 heteroatoms. The Hall–Kier alpha value is -0.810. The zero-order valence-electron chi connectivity index (χ0n) is 9.06. The maximum absolute atomic E-state index is 10.9. The van der Waals surface area contributed by atoms with Crippen molar-refractivity contribution in [3.05, 3.63) is 23.7 Å². The highest BCUT2D eigenvalue weighted by Crippen LogP contribution is 2.09. The van der Waals surface area contributed by atoms with Crippen molar-refractivity contribution in [1.29, 1.82) is 0 Å². The van der Waals surface area contributed by atoms with Crippen molar-refractivity contribution >= 4 is 9.84 Å². The summed E-state index contributed by atoms with van der Waals surface area (Å²) in [6.45, 7) is 1.87. The fourth-order valence-corrected chi connectivity index (χ4v) is 2.05. The summed E-state index contributed by atoms with van der Waals surface area (Å²) in [5, 5.41) is 0.